The molecular weight excluding hydrogens is 1760 g/mol. The third kappa shape index (κ3) is 32.0. The van der Waals surface area contributed by atoms with Crippen molar-refractivity contribution in [1.82, 2.24) is 97.9 Å². The fourth-order valence-corrected chi connectivity index (χ4v) is 16.8. The van der Waals surface area contributed by atoms with Gasteiger partial charge >= 0.3 is 0 Å². The van der Waals surface area contributed by atoms with Crippen molar-refractivity contribution >= 4 is 129 Å². The van der Waals surface area contributed by atoms with E-state index >= 15 is 24.0 Å². The molecule has 0 unspecified atom stereocenters. The minimum atomic E-state index is -1.85. The summed E-state index contributed by atoms with van der Waals surface area (Å²) in [6.45, 7) is 5.93. The summed E-state index contributed by atoms with van der Waals surface area (Å²) in [5, 5.41) is 48.9. The number of nitrogens with zero attached hydrogens (tertiary/aromatic N) is 6. The van der Waals surface area contributed by atoms with E-state index in [-0.39, 0.29) is 89.6 Å². The second-order valence-corrected chi connectivity index (χ2v) is 35.4. The minimum absolute atomic E-state index is 0.000147. The van der Waals surface area contributed by atoms with E-state index in [2.05, 4.69) is 73.4 Å². The maximum Gasteiger partial charge on any atom is 0.246 e. The molecule has 4 heterocycles. The Labute approximate surface area is 788 Å². The number of aliphatic hydroxyl groups excluding tert-OH is 1. The van der Waals surface area contributed by atoms with Gasteiger partial charge in [-0.25, -0.2) is 4.98 Å². The first kappa shape index (κ1) is 107. The van der Waals surface area contributed by atoms with Gasteiger partial charge in [-0.05, 0) is 91.7 Å². The second kappa shape index (κ2) is 52.6. The first-order valence-electron chi connectivity index (χ1n) is 45.3. The third-order valence-corrected chi connectivity index (χ3v) is 24.6. The maximum atomic E-state index is 15.7. The number of aliphatic hydroxyl groups is 1. The normalized spacial score (nSPS) is 23.2. The van der Waals surface area contributed by atoms with Crippen LogP contribution in [0.15, 0.2) is 128 Å². The third-order valence-electron chi connectivity index (χ3n) is 23.5. The number of carbonyl (C=O) groups excluding carboxylic acids is 17. The molecule has 0 bridgehead atoms. The highest BCUT2D eigenvalue weighted by molar-refractivity contribution is 8.00. The minimum Gasteiger partial charge on any atom is -0.394 e. The number of carbonyl (C=O) groups is 17. The standard InChI is InChI=1S/C93H129N23O18S/c1-10-12-31-73-86(128)105-64(30-22-38-99-93(96)97)82(124)111-72(81(123)101-48-77(95)119)51-135-52-79(121)104-68(41-56-24-16-14-17-25-56)89(131)113(7)55(5)80(122)107-70(45-76(94)118)91(133)116-39-23-33-74(116)87(129)106-66(44-61-47-98-53-102-61)84(126)108-67(40-54(3)4)88(130)112(6)49-78(120)103-65(43-60-46-100-63-29-21-20-28-62(60)63)83(125)110-71(50-117)85(127)109-69(90(132)115(9)75(32-13-11-2)92(134)114(73)8)42-57-34-36-59(37-35-57)58-26-18-15-19-27-58/h14-21,24-29,34-37,46-47,53-55,64-75,100,117H,10-13,22-23,30-33,38-45,48-52H2,1-9H3,(H2,94,118)(H2,95,119)(H,98,102)(H,101,123)(H,103,120)(H,104,121)(H,105,128)(H,106,129)(H,107,122)(H,108,126)(H,109,127)(H,110,125)(H,111,124)(H4,96,97,99)/t55-,64-,65-,66-,67-,68-,69-,70-,71-,72-,73-,74-,75-/m0/s1. The largest absolute Gasteiger partial charge is 0.394 e. The molecule has 2 saturated heterocycles. The van der Waals surface area contributed by atoms with Gasteiger partial charge in [0, 0.05) is 102 Å². The maximum absolute atomic E-state index is 15.7. The number of thioether (sulfide) groups is 1. The van der Waals surface area contributed by atoms with Crippen molar-refractivity contribution in [2.45, 2.75) is 216 Å². The zero-order chi connectivity index (χ0) is 98.7. The molecule has 730 valence electrons. The van der Waals surface area contributed by atoms with Gasteiger partial charge in [0.1, 0.15) is 78.5 Å². The lowest BCUT2D eigenvalue weighted by Crippen LogP contribution is -2.61. The van der Waals surface area contributed by atoms with Gasteiger partial charge in [-0.15, -0.1) is 11.8 Å². The molecule has 13 atom stereocenters. The molecule has 135 heavy (non-hydrogen) atoms. The zero-order valence-corrected chi connectivity index (χ0v) is 78.5. The molecule has 2 aliphatic heterocycles. The Bertz CT molecular complexity index is 5110. The van der Waals surface area contributed by atoms with Crippen LogP contribution in [-0.4, -0.2) is 302 Å². The van der Waals surface area contributed by atoms with Gasteiger partial charge in [0.05, 0.1) is 38.2 Å². The number of hydrogen-bond acceptors (Lipinski definition) is 21. The van der Waals surface area contributed by atoms with Crippen molar-refractivity contribution in [2.24, 2.45) is 23.1 Å². The molecule has 0 aliphatic carbocycles. The van der Waals surface area contributed by atoms with E-state index in [0.717, 1.165) is 47.4 Å². The van der Waals surface area contributed by atoms with Crippen molar-refractivity contribution < 1.29 is 86.6 Å². The SMILES string of the molecule is CCCC[C@H]1C(=O)N(C)[C@@H](CCCC)C(=O)N[C@@H](CCCNC(=N)N)C(=O)N[C@H](C(=O)NCC(N)=O)CSCC(=O)N[C@@H](Cc2ccccc2)C(=O)N(C)[C@@H](C)C(=O)N[C@@H](CC(N)=O)C(=O)N2CCC[C@H]2C(=O)N[C@@H](Cc2cnc[nH]2)C(=O)N[C@@H](CC(C)C)C(=O)N(C)CC(=O)N[C@@H](Cc2c[nH]c3ccccc23)C(=O)N[C@@H](CO)C(=O)N[C@@H](Cc2ccc(-c3ccccc3)cc2)C(=O)N1C. The highest BCUT2D eigenvalue weighted by atomic mass is 32.2. The van der Waals surface area contributed by atoms with Gasteiger partial charge in [-0.3, -0.25) is 86.9 Å². The smallest absolute Gasteiger partial charge is 0.246 e. The molecule has 0 spiro atoms. The number of rotatable bonds is 27. The summed E-state index contributed by atoms with van der Waals surface area (Å²) in [5.41, 5.74) is 21.1. The Morgan fingerprint density at radius 2 is 1.09 bits per heavy atom. The molecule has 4 aromatic carbocycles. The number of aromatic nitrogens is 3. The van der Waals surface area contributed by atoms with Gasteiger partial charge in [0.25, 0.3) is 0 Å². The number of para-hydroxylation sites is 1. The van der Waals surface area contributed by atoms with Crippen molar-refractivity contribution in [3.63, 3.8) is 0 Å². The van der Waals surface area contributed by atoms with Crippen LogP contribution in [0.4, 0.5) is 0 Å². The Morgan fingerprint density at radius 1 is 0.533 bits per heavy atom. The van der Waals surface area contributed by atoms with E-state index in [9.17, 15) is 62.6 Å². The van der Waals surface area contributed by atoms with Crippen LogP contribution in [0.3, 0.4) is 0 Å². The van der Waals surface area contributed by atoms with E-state index in [0.29, 0.717) is 59.0 Å². The molecule has 2 aromatic heterocycles. The Morgan fingerprint density at radius 3 is 1.72 bits per heavy atom. The summed E-state index contributed by atoms with van der Waals surface area (Å²) in [6.07, 6.45) is 4.36. The number of fused-ring (bicyclic) bond motifs is 2. The van der Waals surface area contributed by atoms with Crippen LogP contribution in [0.25, 0.3) is 22.0 Å². The highest BCUT2D eigenvalue weighted by Crippen LogP contribution is 2.26. The highest BCUT2D eigenvalue weighted by Gasteiger charge is 2.44. The summed E-state index contributed by atoms with van der Waals surface area (Å²) < 4.78 is 0. The Hall–Kier alpha value is -13.8. The number of unbranched alkanes of at least 4 members (excludes halogenated alkanes) is 2. The zero-order valence-electron chi connectivity index (χ0n) is 77.7. The van der Waals surface area contributed by atoms with Crippen molar-refractivity contribution in [1.29, 1.82) is 5.41 Å². The molecule has 17 amide bonds. The van der Waals surface area contributed by atoms with Crippen LogP contribution in [0, 0.1) is 11.3 Å². The topological polar surface area (TPSA) is 605 Å². The van der Waals surface area contributed by atoms with Crippen molar-refractivity contribution in [2.75, 3.05) is 72.5 Å². The number of primary amides is 2. The van der Waals surface area contributed by atoms with Gasteiger partial charge in [0.2, 0.25) is 100 Å². The molecule has 8 rings (SSSR count). The first-order chi connectivity index (χ1) is 64.4. The second-order valence-electron chi connectivity index (χ2n) is 34.4. The van der Waals surface area contributed by atoms with Gasteiger partial charge < -0.3 is 115 Å². The van der Waals surface area contributed by atoms with Gasteiger partial charge in [0.15, 0.2) is 5.96 Å². The van der Waals surface area contributed by atoms with Crippen LogP contribution < -0.4 is 75.7 Å². The molecule has 2 aliphatic rings. The average Bonchev–Trinajstić information content (AvgIpc) is 1.80. The monoisotopic (exact) mass is 1890 g/mol. The summed E-state index contributed by atoms with van der Waals surface area (Å²) in [6, 6.07) is 12.3. The fourth-order valence-electron chi connectivity index (χ4n) is 16.0. The fraction of sp³-hybridized carbons (Fsp3) is 0.495. The molecule has 41 nitrogen and oxygen atoms in total. The summed E-state index contributed by atoms with van der Waals surface area (Å²) in [5.74, 6) is -17.1. The molecule has 0 radical (unpaired) electrons. The summed E-state index contributed by atoms with van der Waals surface area (Å²) >= 11 is 0.795. The van der Waals surface area contributed by atoms with Gasteiger partial charge in [-0.2, -0.15) is 0 Å². The molecule has 6 aromatic rings. The number of likely N-dealkylation sites (N-methyl/N-ethyl adjacent to an activating group) is 4. The van der Waals surface area contributed by atoms with Crippen molar-refractivity contribution in [3.8, 4) is 11.1 Å². The predicted octanol–water partition coefficient (Wildman–Crippen LogP) is -0.952. The van der Waals surface area contributed by atoms with Crippen LogP contribution in [-0.2, 0) is 107 Å². The summed E-state index contributed by atoms with van der Waals surface area (Å²) in [7, 11) is 5.26. The van der Waals surface area contributed by atoms with E-state index in [4.69, 9.17) is 22.6 Å². The van der Waals surface area contributed by atoms with Crippen LogP contribution in [0.5, 0.6) is 0 Å². The Balaban J connectivity index is 1.19. The quantitative estimate of drug-likeness (QED) is 0.0168. The van der Waals surface area contributed by atoms with Crippen LogP contribution in [0.2, 0.25) is 0 Å². The van der Waals surface area contributed by atoms with E-state index in [1.807, 2.05) is 56.3 Å². The predicted molar refractivity (Wildman–Crippen MR) is 503 cm³/mol. The molecule has 0 saturated carbocycles. The lowest BCUT2D eigenvalue weighted by Gasteiger charge is -2.36. The average molecular weight is 1890 g/mol. The first-order valence-corrected chi connectivity index (χ1v) is 46.4. The molecule has 42 heteroatoms. The van der Waals surface area contributed by atoms with Crippen LogP contribution in [0.1, 0.15) is 134 Å². The van der Waals surface area contributed by atoms with E-state index in [1.54, 1.807) is 86.8 Å². The van der Waals surface area contributed by atoms with Crippen molar-refractivity contribution in [3.05, 3.63) is 150 Å². The molecular formula is C93H129N23O18S. The molecule has 2 fully saturated rings. The summed E-state index contributed by atoms with van der Waals surface area (Å²) in [4.78, 5) is 264. The van der Waals surface area contributed by atoms with E-state index < -0.39 is 223 Å². The Kier molecular flexibility index (Phi) is 41.5. The lowest BCUT2D eigenvalue weighted by molar-refractivity contribution is -0.149. The number of nitrogens with two attached hydrogens (primary N) is 3. The number of hydrogen-bond donors (Lipinski definition) is 18. The van der Waals surface area contributed by atoms with Crippen LogP contribution >= 0.6 is 11.8 Å². The lowest BCUT2D eigenvalue weighted by atomic mass is 9.98. The number of amides is 17. The number of H-pyrrole nitrogens is 2. The number of benzene rings is 4. The molecule has 21 N–H and O–H groups in total. The van der Waals surface area contributed by atoms with Gasteiger partial charge in [-0.1, -0.05) is 157 Å². The number of imidazole rings is 1. The number of nitrogens with one attached hydrogen (secondary N) is 14. The van der Waals surface area contributed by atoms with E-state index in [1.165, 1.54) is 47.6 Å². The number of guanidine groups is 1. The number of aromatic amines is 2.